The SMILES string of the molecule is CCCc1ccc(OCCCC(=O)Nc2c(C(C)C)cccc2C(C)C)cc1. The Morgan fingerprint density at radius 3 is 2.11 bits per heavy atom. The molecule has 0 aliphatic rings. The second-order valence-electron chi connectivity index (χ2n) is 8.02. The zero-order valence-corrected chi connectivity index (χ0v) is 18.0. The molecule has 152 valence electrons. The molecule has 0 unspecified atom stereocenters. The fourth-order valence-corrected chi connectivity index (χ4v) is 3.36. The number of para-hydroxylation sites is 1. The van der Waals surface area contributed by atoms with Gasteiger partial charge in [0.05, 0.1) is 6.61 Å². The number of aryl methyl sites for hydroxylation is 1. The lowest BCUT2D eigenvalue weighted by atomic mass is 9.92. The molecule has 0 heterocycles. The highest BCUT2D eigenvalue weighted by Crippen LogP contribution is 2.32. The van der Waals surface area contributed by atoms with Gasteiger partial charge < -0.3 is 10.1 Å². The number of anilines is 1. The summed E-state index contributed by atoms with van der Waals surface area (Å²) >= 11 is 0. The van der Waals surface area contributed by atoms with E-state index in [1.165, 1.54) is 16.7 Å². The Morgan fingerprint density at radius 1 is 0.964 bits per heavy atom. The van der Waals surface area contributed by atoms with E-state index in [-0.39, 0.29) is 5.91 Å². The maximum absolute atomic E-state index is 12.5. The molecule has 0 spiro atoms. The van der Waals surface area contributed by atoms with Gasteiger partial charge in [-0.15, -0.1) is 0 Å². The molecular weight excluding hydrogens is 346 g/mol. The summed E-state index contributed by atoms with van der Waals surface area (Å²) in [5.41, 5.74) is 4.72. The molecule has 0 bridgehead atoms. The zero-order chi connectivity index (χ0) is 20.5. The highest BCUT2D eigenvalue weighted by molar-refractivity contribution is 5.92. The zero-order valence-electron chi connectivity index (χ0n) is 18.0. The van der Waals surface area contributed by atoms with Gasteiger partial charge in [0, 0.05) is 12.1 Å². The van der Waals surface area contributed by atoms with Crippen molar-refractivity contribution in [1.82, 2.24) is 0 Å². The van der Waals surface area contributed by atoms with E-state index in [1.54, 1.807) is 0 Å². The molecule has 0 aliphatic carbocycles. The normalized spacial score (nSPS) is 11.1. The van der Waals surface area contributed by atoms with Crippen molar-refractivity contribution in [2.45, 2.75) is 72.1 Å². The first-order valence-corrected chi connectivity index (χ1v) is 10.6. The van der Waals surface area contributed by atoms with E-state index in [0.717, 1.165) is 24.3 Å². The van der Waals surface area contributed by atoms with Gasteiger partial charge in [-0.2, -0.15) is 0 Å². The minimum absolute atomic E-state index is 0.0527. The Kier molecular flexibility index (Phi) is 8.56. The van der Waals surface area contributed by atoms with Crippen molar-refractivity contribution in [3.8, 4) is 5.75 Å². The van der Waals surface area contributed by atoms with Gasteiger partial charge in [-0.05, 0) is 53.5 Å². The first kappa shape index (κ1) is 22.0. The van der Waals surface area contributed by atoms with Crippen LogP contribution < -0.4 is 10.1 Å². The van der Waals surface area contributed by atoms with Crippen LogP contribution in [-0.4, -0.2) is 12.5 Å². The van der Waals surface area contributed by atoms with Crippen LogP contribution in [0.5, 0.6) is 5.75 Å². The molecule has 0 aromatic heterocycles. The average Bonchev–Trinajstić information content (AvgIpc) is 2.66. The molecule has 0 aliphatic heterocycles. The lowest BCUT2D eigenvalue weighted by Gasteiger charge is -2.20. The van der Waals surface area contributed by atoms with Gasteiger partial charge in [0.15, 0.2) is 0 Å². The third-order valence-corrected chi connectivity index (χ3v) is 4.92. The van der Waals surface area contributed by atoms with Crippen LogP contribution in [0.15, 0.2) is 42.5 Å². The van der Waals surface area contributed by atoms with Gasteiger partial charge >= 0.3 is 0 Å². The second-order valence-corrected chi connectivity index (χ2v) is 8.02. The first-order chi connectivity index (χ1) is 13.4. The molecule has 3 heteroatoms. The summed E-state index contributed by atoms with van der Waals surface area (Å²) in [6.45, 7) is 11.4. The topological polar surface area (TPSA) is 38.3 Å². The van der Waals surface area contributed by atoms with Gasteiger partial charge in [-0.25, -0.2) is 0 Å². The summed E-state index contributed by atoms with van der Waals surface area (Å²) in [4.78, 5) is 12.5. The quantitative estimate of drug-likeness (QED) is 0.466. The molecule has 0 atom stereocenters. The van der Waals surface area contributed by atoms with Gasteiger partial charge in [-0.1, -0.05) is 71.4 Å². The molecule has 0 radical (unpaired) electrons. The number of carbonyl (C=O) groups is 1. The third kappa shape index (κ3) is 6.40. The van der Waals surface area contributed by atoms with E-state index in [2.05, 4.69) is 70.3 Å². The molecule has 0 fully saturated rings. The molecule has 0 saturated carbocycles. The smallest absolute Gasteiger partial charge is 0.224 e. The van der Waals surface area contributed by atoms with E-state index in [9.17, 15) is 4.79 Å². The Hall–Kier alpha value is -2.29. The summed E-state index contributed by atoms with van der Waals surface area (Å²) in [5.74, 6) is 1.66. The molecule has 28 heavy (non-hydrogen) atoms. The number of benzene rings is 2. The van der Waals surface area contributed by atoms with E-state index in [1.807, 2.05) is 12.1 Å². The van der Waals surface area contributed by atoms with Crippen molar-refractivity contribution in [3.63, 3.8) is 0 Å². The largest absolute Gasteiger partial charge is 0.494 e. The number of amides is 1. The first-order valence-electron chi connectivity index (χ1n) is 10.6. The van der Waals surface area contributed by atoms with Crippen molar-refractivity contribution in [2.24, 2.45) is 0 Å². The molecule has 2 aromatic rings. The number of hydrogen-bond acceptors (Lipinski definition) is 2. The number of nitrogens with one attached hydrogen (secondary N) is 1. The molecular formula is C25H35NO2. The van der Waals surface area contributed by atoms with E-state index >= 15 is 0 Å². The van der Waals surface area contributed by atoms with Gasteiger partial charge in [-0.3, -0.25) is 4.79 Å². The van der Waals surface area contributed by atoms with Crippen molar-refractivity contribution < 1.29 is 9.53 Å². The Bertz CT molecular complexity index is 721. The molecule has 2 aromatic carbocycles. The van der Waals surface area contributed by atoms with Gasteiger partial charge in [0.1, 0.15) is 5.75 Å². The number of ether oxygens (including phenoxy) is 1. The third-order valence-electron chi connectivity index (χ3n) is 4.92. The summed E-state index contributed by atoms with van der Waals surface area (Å²) in [6, 6.07) is 14.6. The fourth-order valence-electron chi connectivity index (χ4n) is 3.36. The molecule has 2 rings (SSSR count). The summed E-state index contributed by atoms with van der Waals surface area (Å²) in [7, 11) is 0. The summed E-state index contributed by atoms with van der Waals surface area (Å²) < 4.78 is 5.78. The Balaban J connectivity index is 1.87. The monoisotopic (exact) mass is 381 g/mol. The lowest BCUT2D eigenvalue weighted by molar-refractivity contribution is -0.116. The van der Waals surface area contributed by atoms with E-state index in [0.29, 0.717) is 31.3 Å². The van der Waals surface area contributed by atoms with Crippen molar-refractivity contribution >= 4 is 11.6 Å². The van der Waals surface area contributed by atoms with Gasteiger partial charge in [0.2, 0.25) is 5.91 Å². The maximum atomic E-state index is 12.5. The molecule has 1 N–H and O–H groups in total. The predicted octanol–water partition coefficient (Wildman–Crippen LogP) is 6.68. The van der Waals surface area contributed by atoms with Crippen LogP contribution in [0.2, 0.25) is 0 Å². The highest BCUT2D eigenvalue weighted by Gasteiger charge is 2.15. The van der Waals surface area contributed by atoms with Crippen LogP contribution in [0.4, 0.5) is 5.69 Å². The summed E-state index contributed by atoms with van der Waals surface area (Å²) in [6.07, 6.45) is 3.39. The number of carbonyl (C=O) groups excluding carboxylic acids is 1. The van der Waals surface area contributed by atoms with E-state index < -0.39 is 0 Å². The van der Waals surface area contributed by atoms with Crippen LogP contribution in [0.3, 0.4) is 0 Å². The molecule has 0 saturated heterocycles. The fraction of sp³-hybridized carbons (Fsp3) is 0.480. The van der Waals surface area contributed by atoms with Crippen LogP contribution in [-0.2, 0) is 11.2 Å². The minimum atomic E-state index is 0.0527. The Morgan fingerprint density at radius 2 is 1.57 bits per heavy atom. The number of hydrogen-bond donors (Lipinski definition) is 1. The van der Waals surface area contributed by atoms with E-state index in [4.69, 9.17) is 4.74 Å². The Labute approximate surface area is 170 Å². The second kappa shape index (κ2) is 10.9. The highest BCUT2D eigenvalue weighted by atomic mass is 16.5. The van der Waals surface area contributed by atoms with Crippen LogP contribution in [0, 0.1) is 0 Å². The van der Waals surface area contributed by atoms with Crippen LogP contribution >= 0.6 is 0 Å². The predicted molar refractivity (Wildman–Crippen MR) is 118 cm³/mol. The minimum Gasteiger partial charge on any atom is -0.494 e. The average molecular weight is 382 g/mol. The van der Waals surface area contributed by atoms with Crippen LogP contribution in [0.1, 0.15) is 82.4 Å². The van der Waals surface area contributed by atoms with Crippen LogP contribution in [0.25, 0.3) is 0 Å². The molecule has 3 nitrogen and oxygen atoms in total. The van der Waals surface area contributed by atoms with Crippen molar-refractivity contribution in [2.75, 3.05) is 11.9 Å². The summed E-state index contributed by atoms with van der Waals surface area (Å²) in [5, 5.41) is 3.17. The number of rotatable bonds is 10. The van der Waals surface area contributed by atoms with Crippen molar-refractivity contribution in [3.05, 3.63) is 59.2 Å². The standard InChI is InChI=1S/C25H35NO2/c1-6-9-20-13-15-21(16-14-20)28-17-8-12-24(27)26-25-22(18(2)3)10-7-11-23(25)19(4)5/h7,10-11,13-16,18-19H,6,8-9,12,17H2,1-5H3,(H,26,27). The molecule has 1 amide bonds. The van der Waals surface area contributed by atoms with Gasteiger partial charge in [0.25, 0.3) is 0 Å². The van der Waals surface area contributed by atoms with Crippen molar-refractivity contribution in [1.29, 1.82) is 0 Å². The maximum Gasteiger partial charge on any atom is 0.224 e. The lowest BCUT2D eigenvalue weighted by Crippen LogP contribution is -2.16.